The van der Waals surface area contributed by atoms with E-state index in [1.807, 2.05) is 0 Å². The summed E-state index contributed by atoms with van der Waals surface area (Å²) in [7, 11) is -3.34. The normalized spacial score (nSPS) is 11.7. The van der Waals surface area contributed by atoms with Gasteiger partial charge < -0.3 is 10.0 Å². The Morgan fingerprint density at radius 1 is 1.09 bits per heavy atom. The number of aliphatic carboxylic acids is 1. The number of nitrogens with zero attached hydrogens (tertiary/aromatic N) is 1. The van der Waals surface area contributed by atoms with Gasteiger partial charge in [0.25, 0.3) is 0 Å². The van der Waals surface area contributed by atoms with Gasteiger partial charge in [-0.05, 0) is 45.4 Å². The van der Waals surface area contributed by atoms with Crippen molar-refractivity contribution in [2.45, 2.75) is 50.3 Å². The fourth-order valence-electron chi connectivity index (χ4n) is 2.05. The minimum absolute atomic E-state index is 0.0352. The minimum atomic E-state index is -3.34. The van der Waals surface area contributed by atoms with E-state index in [2.05, 4.69) is 0 Å². The molecule has 1 rings (SSSR count). The van der Waals surface area contributed by atoms with Gasteiger partial charge in [-0.3, -0.25) is 9.59 Å². The Labute approximate surface area is 137 Å². The van der Waals surface area contributed by atoms with Crippen LogP contribution in [0, 0.1) is 0 Å². The van der Waals surface area contributed by atoms with Crippen molar-refractivity contribution in [3.8, 4) is 0 Å². The molecule has 0 aromatic heterocycles. The predicted octanol–water partition coefficient (Wildman–Crippen LogP) is 1.73. The second kappa shape index (κ2) is 7.59. The molecule has 0 saturated heterocycles. The van der Waals surface area contributed by atoms with Crippen LogP contribution in [-0.2, 0) is 25.8 Å². The molecule has 0 saturated carbocycles. The number of carbonyl (C=O) groups excluding carboxylic acids is 1. The third-order valence-corrected chi connectivity index (χ3v) is 5.65. The highest BCUT2D eigenvalue weighted by Crippen LogP contribution is 2.17. The van der Waals surface area contributed by atoms with Gasteiger partial charge in [0, 0.05) is 6.04 Å². The van der Waals surface area contributed by atoms with Crippen LogP contribution < -0.4 is 0 Å². The quantitative estimate of drug-likeness (QED) is 0.815. The van der Waals surface area contributed by atoms with Crippen molar-refractivity contribution >= 4 is 21.7 Å². The van der Waals surface area contributed by atoms with Crippen LogP contribution in [-0.4, -0.2) is 48.1 Å². The lowest BCUT2D eigenvalue weighted by Crippen LogP contribution is -2.41. The molecule has 23 heavy (non-hydrogen) atoms. The number of carboxylic acid groups (broad SMARTS) is 1. The molecule has 0 atom stereocenters. The number of hydrogen-bond donors (Lipinski definition) is 1. The van der Waals surface area contributed by atoms with Crippen molar-refractivity contribution < 1.29 is 23.1 Å². The van der Waals surface area contributed by atoms with Crippen molar-refractivity contribution in [2.24, 2.45) is 0 Å². The topological polar surface area (TPSA) is 91.8 Å². The molecule has 0 aliphatic heterocycles. The number of rotatable bonds is 7. The van der Waals surface area contributed by atoms with Crippen molar-refractivity contribution in [3.63, 3.8) is 0 Å². The van der Waals surface area contributed by atoms with E-state index >= 15 is 0 Å². The minimum Gasteiger partial charge on any atom is -0.480 e. The molecule has 0 heterocycles. The van der Waals surface area contributed by atoms with E-state index in [-0.39, 0.29) is 29.8 Å². The Balaban J connectivity index is 2.89. The van der Waals surface area contributed by atoms with Crippen LogP contribution in [0.5, 0.6) is 0 Å². The first-order valence-electron chi connectivity index (χ1n) is 7.39. The number of carbonyl (C=O) groups is 2. The average molecular weight is 341 g/mol. The number of hydrogen-bond acceptors (Lipinski definition) is 4. The summed E-state index contributed by atoms with van der Waals surface area (Å²) in [6.07, 6.45) is 0.0352. The van der Waals surface area contributed by atoms with E-state index in [1.54, 1.807) is 39.8 Å². The van der Waals surface area contributed by atoms with Crippen LogP contribution in [0.15, 0.2) is 29.2 Å². The molecule has 1 N–H and O–H groups in total. The van der Waals surface area contributed by atoms with Crippen LogP contribution >= 0.6 is 0 Å². The van der Waals surface area contributed by atoms with E-state index in [1.165, 1.54) is 17.0 Å². The van der Waals surface area contributed by atoms with Gasteiger partial charge >= 0.3 is 5.97 Å². The molecule has 0 aliphatic rings. The van der Waals surface area contributed by atoms with Crippen molar-refractivity contribution in [3.05, 3.63) is 29.8 Å². The average Bonchev–Trinajstić information content (AvgIpc) is 2.44. The van der Waals surface area contributed by atoms with Crippen molar-refractivity contribution in [2.75, 3.05) is 6.54 Å². The molecule has 1 aromatic carbocycles. The second-order valence-electron chi connectivity index (χ2n) is 5.92. The second-order valence-corrected chi connectivity index (χ2v) is 8.43. The summed E-state index contributed by atoms with van der Waals surface area (Å²) in [6, 6.07) is 5.92. The molecule has 128 valence electrons. The number of benzene rings is 1. The molecular weight excluding hydrogens is 318 g/mol. The fraction of sp³-hybridized carbons (Fsp3) is 0.500. The Morgan fingerprint density at radius 2 is 1.61 bits per heavy atom. The summed E-state index contributed by atoms with van der Waals surface area (Å²) in [5.74, 6) is -1.37. The van der Waals surface area contributed by atoms with E-state index in [0.29, 0.717) is 5.56 Å². The zero-order chi connectivity index (χ0) is 17.8. The van der Waals surface area contributed by atoms with Crippen LogP contribution in [0.2, 0.25) is 0 Å². The Morgan fingerprint density at radius 3 is 2.00 bits per heavy atom. The van der Waals surface area contributed by atoms with E-state index in [9.17, 15) is 18.0 Å². The fourth-order valence-corrected chi connectivity index (χ4v) is 3.11. The summed E-state index contributed by atoms with van der Waals surface area (Å²) in [5.41, 5.74) is 0.647. The highest BCUT2D eigenvalue weighted by Gasteiger charge is 2.21. The van der Waals surface area contributed by atoms with E-state index in [4.69, 9.17) is 5.11 Å². The maximum absolute atomic E-state index is 12.2. The molecule has 1 aromatic rings. The smallest absolute Gasteiger partial charge is 0.323 e. The first-order chi connectivity index (χ1) is 10.6. The lowest BCUT2D eigenvalue weighted by atomic mass is 10.1. The number of amides is 1. The molecule has 0 spiro atoms. The van der Waals surface area contributed by atoms with Gasteiger partial charge in [-0.2, -0.15) is 0 Å². The predicted molar refractivity (Wildman–Crippen MR) is 87.0 cm³/mol. The molecule has 7 heteroatoms. The third-order valence-electron chi connectivity index (χ3n) is 3.48. The lowest BCUT2D eigenvalue weighted by Gasteiger charge is -2.25. The first kappa shape index (κ1) is 19.2. The lowest BCUT2D eigenvalue weighted by molar-refractivity contribution is -0.145. The van der Waals surface area contributed by atoms with Crippen molar-refractivity contribution in [1.29, 1.82) is 0 Å². The molecular formula is C16H23NO5S. The highest BCUT2D eigenvalue weighted by atomic mass is 32.2. The molecule has 0 fully saturated rings. The van der Waals surface area contributed by atoms with Crippen LogP contribution in [0.3, 0.4) is 0 Å². The zero-order valence-electron chi connectivity index (χ0n) is 13.8. The molecule has 1 amide bonds. The highest BCUT2D eigenvalue weighted by molar-refractivity contribution is 7.92. The van der Waals surface area contributed by atoms with Crippen LogP contribution in [0.4, 0.5) is 0 Å². The van der Waals surface area contributed by atoms with Crippen LogP contribution in [0.25, 0.3) is 0 Å². The standard InChI is InChI=1S/C16H23NO5S/c1-11(2)17(10-16(19)20)15(18)9-13-5-7-14(8-6-13)23(21,22)12(3)4/h5-8,11-12H,9-10H2,1-4H3,(H,19,20). The van der Waals surface area contributed by atoms with Crippen molar-refractivity contribution in [1.82, 2.24) is 4.90 Å². The van der Waals surface area contributed by atoms with E-state index < -0.39 is 21.1 Å². The summed E-state index contributed by atoms with van der Waals surface area (Å²) in [4.78, 5) is 24.5. The SMILES string of the molecule is CC(C)N(CC(=O)O)C(=O)Cc1ccc(S(=O)(=O)C(C)C)cc1. The molecule has 0 bridgehead atoms. The van der Waals surface area contributed by atoms with Gasteiger partial charge in [0.1, 0.15) is 6.54 Å². The van der Waals surface area contributed by atoms with Gasteiger partial charge in [0.2, 0.25) is 5.91 Å². The third kappa shape index (κ3) is 5.06. The number of sulfone groups is 1. The van der Waals surface area contributed by atoms with Gasteiger partial charge in [-0.25, -0.2) is 8.42 Å². The summed E-state index contributed by atoms with van der Waals surface area (Å²) in [5, 5.41) is 8.35. The summed E-state index contributed by atoms with van der Waals surface area (Å²) >= 11 is 0. The van der Waals surface area contributed by atoms with Gasteiger partial charge in [-0.1, -0.05) is 12.1 Å². The van der Waals surface area contributed by atoms with E-state index in [0.717, 1.165) is 0 Å². The Bertz CT molecular complexity index is 662. The Kier molecular flexibility index (Phi) is 6.32. The maximum atomic E-state index is 12.2. The monoisotopic (exact) mass is 341 g/mol. The maximum Gasteiger partial charge on any atom is 0.323 e. The molecule has 0 aliphatic carbocycles. The Hall–Kier alpha value is -1.89. The molecule has 0 unspecified atom stereocenters. The summed E-state index contributed by atoms with van der Waals surface area (Å²) < 4.78 is 24.1. The first-order valence-corrected chi connectivity index (χ1v) is 8.94. The largest absolute Gasteiger partial charge is 0.480 e. The van der Waals surface area contributed by atoms with Gasteiger partial charge in [-0.15, -0.1) is 0 Å². The molecule has 6 nitrogen and oxygen atoms in total. The van der Waals surface area contributed by atoms with Gasteiger partial charge in [0.15, 0.2) is 9.84 Å². The molecule has 0 radical (unpaired) electrons. The van der Waals surface area contributed by atoms with Gasteiger partial charge in [0.05, 0.1) is 16.6 Å². The zero-order valence-corrected chi connectivity index (χ0v) is 14.6. The number of carboxylic acids is 1. The summed E-state index contributed by atoms with van der Waals surface area (Å²) in [6.45, 7) is 6.37. The van der Waals surface area contributed by atoms with Crippen LogP contribution in [0.1, 0.15) is 33.3 Å².